The van der Waals surface area contributed by atoms with Crippen molar-refractivity contribution in [1.29, 1.82) is 0 Å². The molecule has 1 unspecified atom stereocenters. The second kappa shape index (κ2) is 13.0. The Kier molecular flexibility index (Phi) is 10.4. The number of nitrogens with zero attached hydrogens (tertiary/aromatic N) is 2. The van der Waals surface area contributed by atoms with E-state index in [9.17, 15) is 18.0 Å². The van der Waals surface area contributed by atoms with Gasteiger partial charge in [0.25, 0.3) is 0 Å². The Labute approximate surface area is 202 Å². The number of para-hydroxylation sites is 2. The van der Waals surface area contributed by atoms with Gasteiger partial charge in [-0.2, -0.15) is 0 Å². The third kappa shape index (κ3) is 7.48. The predicted molar refractivity (Wildman–Crippen MR) is 134 cm³/mol. The van der Waals surface area contributed by atoms with Crippen molar-refractivity contribution in [3.05, 3.63) is 60.2 Å². The molecule has 0 radical (unpaired) electrons. The summed E-state index contributed by atoms with van der Waals surface area (Å²) in [4.78, 5) is 27.6. The summed E-state index contributed by atoms with van der Waals surface area (Å²) in [6, 6.07) is 15.8. The number of carbonyl (C=O) groups is 2. The molecule has 8 nitrogen and oxygen atoms in total. The molecule has 2 rings (SSSR count). The lowest BCUT2D eigenvalue weighted by Gasteiger charge is -2.31. The van der Waals surface area contributed by atoms with Crippen LogP contribution in [-0.2, 0) is 26.2 Å². The van der Waals surface area contributed by atoms with Gasteiger partial charge in [-0.3, -0.25) is 13.9 Å². The number of rotatable bonds is 13. The smallest absolute Gasteiger partial charge is 0.242 e. The Balaban J connectivity index is 2.20. The topological polar surface area (TPSA) is 96.0 Å². The maximum Gasteiger partial charge on any atom is 0.242 e. The number of nitrogens with one attached hydrogen (secondary N) is 1. The van der Waals surface area contributed by atoms with E-state index in [-0.39, 0.29) is 24.8 Å². The van der Waals surface area contributed by atoms with E-state index in [2.05, 4.69) is 5.32 Å². The average molecular weight is 490 g/mol. The number of amides is 2. The molecule has 0 spiro atoms. The molecule has 9 heteroatoms. The Morgan fingerprint density at radius 2 is 1.68 bits per heavy atom. The maximum atomic E-state index is 13.3. The van der Waals surface area contributed by atoms with Crippen molar-refractivity contribution in [3.8, 4) is 5.75 Å². The molecule has 0 heterocycles. The van der Waals surface area contributed by atoms with Crippen LogP contribution in [0, 0.1) is 0 Å². The number of anilines is 1. The summed E-state index contributed by atoms with van der Waals surface area (Å²) in [6.45, 7) is 4.61. The first-order valence-corrected chi connectivity index (χ1v) is 13.3. The fourth-order valence-corrected chi connectivity index (χ4v) is 4.78. The lowest BCUT2D eigenvalue weighted by molar-refractivity contribution is -0.141. The van der Waals surface area contributed by atoms with Gasteiger partial charge in [-0.15, -0.1) is 0 Å². The lowest BCUT2D eigenvalue weighted by Crippen LogP contribution is -2.49. The van der Waals surface area contributed by atoms with Gasteiger partial charge in [0.1, 0.15) is 11.8 Å². The third-order valence-corrected chi connectivity index (χ3v) is 6.62. The summed E-state index contributed by atoms with van der Waals surface area (Å²) in [5, 5.41) is 2.81. The largest absolute Gasteiger partial charge is 0.495 e. The monoisotopic (exact) mass is 489 g/mol. The molecule has 186 valence electrons. The van der Waals surface area contributed by atoms with Crippen molar-refractivity contribution in [3.63, 3.8) is 0 Å². The van der Waals surface area contributed by atoms with Crippen LogP contribution < -0.4 is 14.4 Å². The zero-order valence-corrected chi connectivity index (χ0v) is 21.2. The van der Waals surface area contributed by atoms with Crippen molar-refractivity contribution in [2.24, 2.45) is 0 Å². The number of carbonyl (C=O) groups excluding carboxylic acids is 2. The number of methoxy groups -OCH3 is 1. The van der Waals surface area contributed by atoms with Gasteiger partial charge in [0.05, 0.1) is 19.1 Å². The van der Waals surface area contributed by atoms with E-state index in [1.807, 2.05) is 44.2 Å². The molecule has 2 aromatic rings. The summed E-state index contributed by atoms with van der Waals surface area (Å²) < 4.78 is 31.6. The van der Waals surface area contributed by atoms with Gasteiger partial charge >= 0.3 is 0 Å². The van der Waals surface area contributed by atoms with Crippen LogP contribution in [0.3, 0.4) is 0 Å². The Bertz CT molecular complexity index is 1040. The number of sulfonamides is 1. The second-order valence-electron chi connectivity index (χ2n) is 7.94. The van der Waals surface area contributed by atoms with E-state index in [1.54, 1.807) is 29.2 Å². The standard InChI is InChI=1S/C25H35N3O5S/c1-5-21(25(30)26-6-2)27(19-20-13-8-7-9-14-20)24(29)17-12-18-28(34(4,31)32)22-15-10-11-16-23(22)33-3/h7-11,13-16,21H,5-6,12,17-19H2,1-4H3,(H,26,30). The summed E-state index contributed by atoms with van der Waals surface area (Å²) in [5.74, 6) is 0.0451. The molecule has 2 amide bonds. The highest BCUT2D eigenvalue weighted by molar-refractivity contribution is 7.92. The van der Waals surface area contributed by atoms with Gasteiger partial charge in [-0.1, -0.05) is 49.4 Å². The van der Waals surface area contributed by atoms with Crippen LogP contribution in [-0.4, -0.2) is 57.6 Å². The molecule has 34 heavy (non-hydrogen) atoms. The van der Waals surface area contributed by atoms with E-state index in [4.69, 9.17) is 4.74 Å². The molecule has 0 aliphatic rings. The van der Waals surface area contributed by atoms with E-state index in [0.29, 0.717) is 37.4 Å². The number of hydrogen-bond acceptors (Lipinski definition) is 5. The molecular formula is C25H35N3O5S. The molecule has 0 fully saturated rings. The van der Waals surface area contributed by atoms with E-state index < -0.39 is 16.1 Å². The zero-order chi connectivity index (χ0) is 25.1. The first-order valence-electron chi connectivity index (χ1n) is 11.4. The predicted octanol–water partition coefficient (Wildman–Crippen LogP) is 3.18. The minimum Gasteiger partial charge on any atom is -0.495 e. The lowest BCUT2D eigenvalue weighted by atomic mass is 10.1. The van der Waals surface area contributed by atoms with Gasteiger partial charge in [-0.05, 0) is 37.5 Å². The molecule has 0 aromatic heterocycles. The number of likely N-dealkylation sites (N-methyl/N-ethyl adjacent to an activating group) is 1. The minimum absolute atomic E-state index is 0.101. The molecule has 0 aliphatic carbocycles. The molecule has 1 N–H and O–H groups in total. The summed E-state index contributed by atoms with van der Waals surface area (Å²) in [5.41, 5.74) is 1.35. The van der Waals surface area contributed by atoms with Crippen molar-refractivity contribution >= 4 is 27.5 Å². The van der Waals surface area contributed by atoms with Gasteiger partial charge in [-0.25, -0.2) is 8.42 Å². The van der Waals surface area contributed by atoms with E-state index >= 15 is 0 Å². The number of ether oxygens (including phenoxy) is 1. The van der Waals surface area contributed by atoms with E-state index in [0.717, 1.165) is 11.8 Å². The van der Waals surface area contributed by atoms with Crippen LogP contribution >= 0.6 is 0 Å². The van der Waals surface area contributed by atoms with Crippen molar-refractivity contribution in [2.45, 2.75) is 45.7 Å². The summed E-state index contributed by atoms with van der Waals surface area (Å²) in [7, 11) is -2.11. The summed E-state index contributed by atoms with van der Waals surface area (Å²) >= 11 is 0. The Morgan fingerprint density at radius 1 is 1.03 bits per heavy atom. The fraction of sp³-hybridized carbons (Fsp3) is 0.440. The molecular weight excluding hydrogens is 454 g/mol. The van der Waals surface area contributed by atoms with Crippen LogP contribution in [0.1, 0.15) is 38.7 Å². The maximum absolute atomic E-state index is 13.3. The van der Waals surface area contributed by atoms with Gasteiger partial charge in [0, 0.05) is 26.1 Å². The molecule has 0 bridgehead atoms. The van der Waals surface area contributed by atoms with Crippen LogP contribution in [0.25, 0.3) is 0 Å². The highest BCUT2D eigenvalue weighted by Gasteiger charge is 2.28. The van der Waals surface area contributed by atoms with Gasteiger partial charge in [0.15, 0.2) is 0 Å². The molecule has 0 saturated carbocycles. The summed E-state index contributed by atoms with van der Waals surface area (Å²) in [6.07, 6.45) is 2.00. The fourth-order valence-electron chi connectivity index (χ4n) is 3.81. The highest BCUT2D eigenvalue weighted by Crippen LogP contribution is 2.29. The normalized spacial score (nSPS) is 12.0. The van der Waals surface area contributed by atoms with Gasteiger partial charge in [0.2, 0.25) is 21.8 Å². The van der Waals surface area contributed by atoms with Crippen molar-refractivity contribution in [1.82, 2.24) is 10.2 Å². The van der Waals surface area contributed by atoms with Crippen LogP contribution in [0.4, 0.5) is 5.69 Å². The Hall–Kier alpha value is -3.07. The first kappa shape index (κ1) is 27.2. The molecule has 0 saturated heterocycles. The minimum atomic E-state index is -3.59. The van der Waals surface area contributed by atoms with Crippen LogP contribution in [0.5, 0.6) is 5.75 Å². The number of hydrogen-bond donors (Lipinski definition) is 1. The second-order valence-corrected chi connectivity index (χ2v) is 9.84. The number of benzene rings is 2. The van der Waals surface area contributed by atoms with Crippen molar-refractivity contribution < 1.29 is 22.7 Å². The molecule has 1 atom stereocenters. The SMILES string of the molecule is CCNC(=O)C(CC)N(Cc1ccccc1)C(=O)CCCN(c1ccccc1OC)S(C)(=O)=O. The van der Waals surface area contributed by atoms with Gasteiger partial charge < -0.3 is 15.0 Å². The quantitative estimate of drug-likeness (QED) is 0.466. The third-order valence-electron chi connectivity index (χ3n) is 5.44. The van der Waals surface area contributed by atoms with E-state index in [1.165, 1.54) is 11.4 Å². The van der Waals surface area contributed by atoms with Crippen molar-refractivity contribution in [2.75, 3.05) is 30.8 Å². The Morgan fingerprint density at radius 3 is 2.26 bits per heavy atom. The molecule has 2 aromatic carbocycles. The molecule has 0 aliphatic heterocycles. The van der Waals surface area contributed by atoms with Crippen LogP contribution in [0.2, 0.25) is 0 Å². The van der Waals surface area contributed by atoms with Crippen LogP contribution in [0.15, 0.2) is 54.6 Å². The first-order chi connectivity index (χ1) is 16.2. The average Bonchev–Trinajstić information content (AvgIpc) is 2.81. The zero-order valence-electron chi connectivity index (χ0n) is 20.4. The highest BCUT2D eigenvalue weighted by atomic mass is 32.2.